The Kier molecular flexibility index (Phi) is 4.09. The van der Waals surface area contributed by atoms with Crippen molar-refractivity contribution in [3.8, 4) is 0 Å². The Balaban J connectivity index is 2.40. The molecule has 0 bridgehead atoms. The van der Waals surface area contributed by atoms with Crippen molar-refractivity contribution in [1.82, 2.24) is 4.72 Å². The highest BCUT2D eigenvalue weighted by Crippen LogP contribution is 1.57. The first-order valence-corrected chi connectivity index (χ1v) is 1.84. The third-order valence-corrected chi connectivity index (χ3v) is 0.418. The molecule has 0 spiro atoms. The van der Waals surface area contributed by atoms with E-state index in [9.17, 15) is 0 Å². The fourth-order valence-corrected chi connectivity index (χ4v) is 0.194. The summed E-state index contributed by atoms with van der Waals surface area (Å²) in [6.45, 7) is 4.21. The van der Waals surface area contributed by atoms with Gasteiger partial charge < -0.3 is 0 Å². The minimum atomic E-state index is 0.767. The van der Waals surface area contributed by atoms with Gasteiger partial charge in [-0.1, -0.05) is 18.9 Å². The summed E-state index contributed by atoms with van der Waals surface area (Å²) in [5, 5.41) is 0. The number of hydrogen-bond acceptors (Lipinski definition) is 2. The van der Waals surface area contributed by atoms with Crippen molar-refractivity contribution in [2.45, 2.75) is 0 Å². The molecular weight excluding hydrogens is 82.1 g/mol. The highest BCUT2D eigenvalue weighted by molar-refractivity contribution is 7.78. The second-order valence-corrected chi connectivity index (χ2v) is 0.967. The van der Waals surface area contributed by atoms with Crippen LogP contribution in [0.3, 0.4) is 0 Å². The van der Waals surface area contributed by atoms with Crippen LogP contribution in [0.4, 0.5) is 0 Å². The fourth-order valence-electron chi connectivity index (χ4n) is 0.0645. The predicted molar refractivity (Wildman–Crippen MR) is 27.2 cm³/mol. The lowest BCUT2D eigenvalue weighted by atomic mass is 10.7. The van der Waals surface area contributed by atoms with Gasteiger partial charge in [0.15, 0.2) is 0 Å². The molecule has 0 aliphatic rings. The lowest BCUT2D eigenvalue weighted by molar-refractivity contribution is 1.14. The molecule has 0 saturated heterocycles. The van der Waals surface area contributed by atoms with Crippen LogP contribution in [0.5, 0.6) is 0 Å². The van der Waals surface area contributed by atoms with E-state index >= 15 is 0 Å². The maximum absolute atomic E-state index is 3.68. The molecule has 0 aliphatic heterocycles. The van der Waals surface area contributed by atoms with Crippen LogP contribution in [-0.2, 0) is 0 Å². The summed E-state index contributed by atoms with van der Waals surface area (Å²) in [7, 11) is 0. The van der Waals surface area contributed by atoms with Crippen LogP contribution in [0.15, 0.2) is 12.7 Å². The van der Waals surface area contributed by atoms with Crippen molar-refractivity contribution in [3.63, 3.8) is 0 Å². The van der Waals surface area contributed by atoms with Gasteiger partial charge in [0, 0.05) is 6.54 Å². The molecule has 0 saturated carbocycles. The first kappa shape index (κ1) is 5.05. The van der Waals surface area contributed by atoms with E-state index in [0.29, 0.717) is 0 Å². The van der Waals surface area contributed by atoms with Crippen LogP contribution in [-0.4, -0.2) is 6.54 Å². The summed E-state index contributed by atoms with van der Waals surface area (Å²) in [5.74, 6) is 0. The maximum atomic E-state index is 3.68. The minimum absolute atomic E-state index is 0.767. The smallest absolute Gasteiger partial charge is 0.0234 e. The average molecular weight is 89.2 g/mol. The number of nitrogens with one attached hydrogen (secondary N) is 1. The molecule has 0 aromatic rings. The first-order valence-electron chi connectivity index (χ1n) is 1.39. The van der Waals surface area contributed by atoms with E-state index in [1.54, 1.807) is 6.08 Å². The highest BCUT2D eigenvalue weighted by atomic mass is 32.1. The Hall–Kier alpha value is 0.0500. The number of hydrogen-bond donors (Lipinski definition) is 2. The molecule has 0 amide bonds. The Labute approximate surface area is 37.6 Å². The molecule has 0 radical (unpaired) electrons. The highest BCUT2D eigenvalue weighted by Gasteiger charge is 1.57. The summed E-state index contributed by atoms with van der Waals surface area (Å²) in [4.78, 5) is 0. The molecule has 0 fully saturated rings. The summed E-state index contributed by atoms with van der Waals surface area (Å²) < 4.78 is 2.59. The fraction of sp³-hybridized carbons (Fsp3) is 0.333. The third-order valence-electron chi connectivity index (χ3n) is 0.236. The van der Waals surface area contributed by atoms with E-state index in [0.717, 1.165) is 6.54 Å². The molecule has 0 aromatic heterocycles. The largest absolute Gasteiger partial charge is 0.263 e. The van der Waals surface area contributed by atoms with Crippen molar-refractivity contribution in [2.75, 3.05) is 6.54 Å². The zero-order valence-electron chi connectivity index (χ0n) is 2.94. The van der Waals surface area contributed by atoms with Gasteiger partial charge in [0.05, 0.1) is 0 Å². The molecule has 0 rings (SSSR count). The molecule has 0 unspecified atom stereocenters. The van der Waals surface area contributed by atoms with Crippen LogP contribution >= 0.6 is 12.8 Å². The van der Waals surface area contributed by atoms with E-state index in [-0.39, 0.29) is 0 Å². The minimum Gasteiger partial charge on any atom is -0.263 e. The van der Waals surface area contributed by atoms with E-state index in [1.807, 2.05) is 0 Å². The monoisotopic (exact) mass is 89.0 g/mol. The van der Waals surface area contributed by atoms with Gasteiger partial charge >= 0.3 is 0 Å². The normalized spacial score (nSPS) is 7.40. The summed E-state index contributed by atoms with van der Waals surface area (Å²) in [6.07, 6.45) is 1.74. The molecule has 2 heteroatoms. The maximum Gasteiger partial charge on any atom is 0.0234 e. The van der Waals surface area contributed by atoms with Crippen molar-refractivity contribution >= 4 is 12.8 Å². The summed E-state index contributed by atoms with van der Waals surface area (Å²) >= 11 is 3.68. The van der Waals surface area contributed by atoms with Gasteiger partial charge in [-0.05, 0) is 0 Å². The quantitative estimate of drug-likeness (QED) is 0.373. The van der Waals surface area contributed by atoms with Gasteiger partial charge in [-0.2, -0.15) is 0 Å². The molecule has 1 nitrogen and oxygen atoms in total. The molecule has 0 atom stereocenters. The van der Waals surface area contributed by atoms with Crippen LogP contribution in [0, 0.1) is 0 Å². The number of thiol groups is 1. The van der Waals surface area contributed by atoms with Gasteiger partial charge in [0.2, 0.25) is 0 Å². The second-order valence-electron chi connectivity index (χ2n) is 0.651. The van der Waals surface area contributed by atoms with Gasteiger partial charge in [-0.25, -0.2) is 0 Å². The lowest BCUT2D eigenvalue weighted by Gasteiger charge is -1.78. The third kappa shape index (κ3) is 4.05. The summed E-state index contributed by atoms with van der Waals surface area (Å²) in [5.41, 5.74) is 0. The van der Waals surface area contributed by atoms with Gasteiger partial charge in [-0.15, -0.1) is 6.58 Å². The van der Waals surface area contributed by atoms with Crippen LogP contribution in [0.2, 0.25) is 0 Å². The van der Waals surface area contributed by atoms with Gasteiger partial charge in [0.25, 0.3) is 0 Å². The van der Waals surface area contributed by atoms with Crippen molar-refractivity contribution < 1.29 is 0 Å². The molecule has 1 N–H and O–H groups in total. The predicted octanol–water partition coefficient (Wildman–Crippen LogP) is 0.607. The molecule has 5 heavy (non-hydrogen) atoms. The van der Waals surface area contributed by atoms with Crippen LogP contribution in [0.1, 0.15) is 0 Å². The Bertz CT molecular complexity index is 28.1. The lowest BCUT2D eigenvalue weighted by Crippen LogP contribution is -1.93. The standard InChI is InChI=1S/C3H7NS/c1-2-3-4-5/h2,4-5H,1,3H2. The van der Waals surface area contributed by atoms with E-state index < -0.39 is 0 Å². The van der Waals surface area contributed by atoms with Gasteiger partial charge in [-0.3, -0.25) is 4.72 Å². The zero-order chi connectivity index (χ0) is 4.12. The van der Waals surface area contributed by atoms with Crippen molar-refractivity contribution in [1.29, 1.82) is 0 Å². The topological polar surface area (TPSA) is 12.0 Å². The first-order chi connectivity index (χ1) is 2.41. The average Bonchev–Trinajstić information content (AvgIpc) is 1.41. The van der Waals surface area contributed by atoms with Crippen LogP contribution in [0.25, 0.3) is 0 Å². The van der Waals surface area contributed by atoms with E-state index in [4.69, 9.17) is 0 Å². The van der Waals surface area contributed by atoms with Crippen molar-refractivity contribution in [3.05, 3.63) is 12.7 Å². The SMILES string of the molecule is C=CCNS. The molecule has 0 aromatic carbocycles. The zero-order valence-corrected chi connectivity index (χ0v) is 3.83. The summed E-state index contributed by atoms with van der Waals surface area (Å²) in [6, 6.07) is 0. The molecule has 0 heterocycles. The Morgan fingerprint density at radius 1 is 2.00 bits per heavy atom. The Morgan fingerprint density at radius 2 is 2.60 bits per heavy atom. The van der Waals surface area contributed by atoms with E-state index in [1.165, 1.54) is 0 Å². The Morgan fingerprint density at radius 3 is 2.60 bits per heavy atom. The molecule has 30 valence electrons. The van der Waals surface area contributed by atoms with Crippen molar-refractivity contribution in [2.24, 2.45) is 0 Å². The number of rotatable bonds is 2. The van der Waals surface area contributed by atoms with E-state index in [2.05, 4.69) is 24.1 Å². The molecular formula is C3H7NS. The van der Waals surface area contributed by atoms with Gasteiger partial charge in [0.1, 0.15) is 0 Å². The van der Waals surface area contributed by atoms with Crippen LogP contribution < -0.4 is 4.72 Å². The second kappa shape index (κ2) is 4.05. The molecule has 0 aliphatic carbocycles.